The number of hydrogen-bond acceptors (Lipinski definition) is 2. The fourth-order valence-corrected chi connectivity index (χ4v) is 2.63. The van der Waals surface area contributed by atoms with E-state index in [2.05, 4.69) is 18.0 Å². The van der Waals surface area contributed by atoms with Crippen LogP contribution >= 0.6 is 0 Å². The molecule has 2 heterocycles. The molecule has 1 N–H and O–H groups in total. The number of carbonyl (C=O) groups is 1. The van der Waals surface area contributed by atoms with Crippen molar-refractivity contribution in [2.45, 2.75) is 26.4 Å². The minimum absolute atomic E-state index is 0.107. The van der Waals surface area contributed by atoms with Crippen molar-refractivity contribution in [1.82, 2.24) is 4.98 Å². The van der Waals surface area contributed by atoms with Gasteiger partial charge in [0.25, 0.3) is 0 Å². The number of ketones is 1. The molecule has 0 amide bonds. The van der Waals surface area contributed by atoms with Gasteiger partial charge in [0, 0.05) is 29.3 Å². The number of H-pyrrole nitrogens is 1. The van der Waals surface area contributed by atoms with E-state index in [0.717, 1.165) is 22.9 Å². The molecule has 3 nitrogen and oxygen atoms in total. The summed E-state index contributed by atoms with van der Waals surface area (Å²) in [5.74, 6) is 0.419. The highest BCUT2D eigenvalue weighted by Gasteiger charge is 2.32. The summed E-state index contributed by atoms with van der Waals surface area (Å²) in [5.41, 5.74) is 2.96. The monoisotopic (exact) mass is 243 g/mol. The molecular weight excluding hydrogens is 226 g/mol. The Morgan fingerprint density at radius 1 is 1.44 bits per heavy atom. The predicted molar refractivity (Wildman–Crippen MR) is 70.9 cm³/mol. The Kier molecular flexibility index (Phi) is 2.71. The molecule has 1 fully saturated rings. The summed E-state index contributed by atoms with van der Waals surface area (Å²) in [5, 5.41) is 0.994. The van der Waals surface area contributed by atoms with Crippen LogP contribution < -0.4 is 0 Å². The highest BCUT2D eigenvalue weighted by atomic mass is 16.5. The van der Waals surface area contributed by atoms with Crippen LogP contribution in [0.25, 0.3) is 10.9 Å². The largest absolute Gasteiger partial charge is 0.370 e. The van der Waals surface area contributed by atoms with E-state index in [1.165, 1.54) is 5.56 Å². The van der Waals surface area contributed by atoms with Gasteiger partial charge in [-0.05, 0) is 30.9 Å². The average Bonchev–Trinajstić information content (AvgIpc) is 2.94. The van der Waals surface area contributed by atoms with Crippen molar-refractivity contribution in [2.75, 3.05) is 6.61 Å². The van der Waals surface area contributed by atoms with Crippen LogP contribution in [0.2, 0.25) is 0 Å². The van der Waals surface area contributed by atoms with E-state index in [9.17, 15) is 4.79 Å². The zero-order valence-electron chi connectivity index (χ0n) is 10.7. The van der Waals surface area contributed by atoms with Gasteiger partial charge in [0.1, 0.15) is 6.10 Å². The minimum Gasteiger partial charge on any atom is -0.370 e. The van der Waals surface area contributed by atoms with Gasteiger partial charge in [-0.2, -0.15) is 0 Å². The molecule has 0 aliphatic carbocycles. The lowest BCUT2D eigenvalue weighted by Gasteiger charge is -2.12. The molecule has 1 aromatic carbocycles. The van der Waals surface area contributed by atoms with Gasteiger partial charge in [0.05, 0.1) is 0 Å². The summed E-state index contributed by atoms with van der Waals surface area (Å²) in [6, 6.07) is 6.10. The lowest BCUT2D eigenvalue weighted by Crippen LogP contribution is -2.24. The molecule has 1 aliphatic rings. The third-order valence-electron chi connectivity index (χ3n) is 3.75. The second kappa shape index (κ2) is 4.25. The number of nitrogens with one attached hydrogen (secondary N) is 1. The Hall–Kier alpha value is -1.61. The van der Waals surface area contributed by atoms with E-state index in [0.29, 0.717) is 12.5 Å². The molecule has 0 spiro atoms. The molecule has 2 aromatic rings. The van der Waals surface area contributed by atoms with Gasteiger partial charge in [-0.25, -0.2) is 0 Å². The third kappa shape index (κ3) is 1.75. The van der Waals surface area contributed by atoms with Crippen LogP contribution in [0.4, 0.5) is 0 Å². The first kappa shape index (κ1) is 11.5. The molecular formula is C15H17NO2. The van der Waals surface area contributed by atoms with Crippen molar-refractivity contribution in [3.8, 4) is 0 Å². The number of Topliss-reactive ketones (excluding diaryl/α,β-unsaturated/α-hetero) is 1. The van der Waals surface area contributed by atoms with Crippen LogP contribution in [0.15, 0.2) is 24.4 Å². The number of fused-ring (bicyclic) bond motifs is 1. The molecule has 1 aromatic heterocycles. The zero-order chi connectivity index (χ0) is 12.7. The van der Waals surface area contributed by atoms with E-state index in [4.69, 9.17) is 4.74 Å². The van der Waals surface area contributed by atoms with Crippen LogP contribution in [0, 0.1) is 12.8 Å². The maximum Gasteiger partial charge on any atom is 0.193 e. The lowest BCUT2D eigenvalue weighted by molar-refractivity contribution is 0.0581. The van der Waals surface area contributed by atoms with Crippen LogP contribution in [-0.4, -0.2) is 23.5 Å². The number of aromatic nitrogens is 1. The highest BCUT2D eigenvalue weighted by molar-refractivity contribution is 6.10. The Labute approximate surface area is 106 Å². The average molecular weight is 243 g/mol. The van der Waals surface area contributed by atoms with Crippen molar-refractivity contribution >= 4 is 16.7 Å². The number of carbonyl (C=O) groups excluding carboxylic acids is 1. The van der Waals surface area contributed by atoms with Gasteiger partial charge in [-0.1, -0.05) is 19.1 Å². The van der Waals surface area contributed by atoms with Crippen LogP contribution in [0.3, 0.4) is 0 Å². The second-order valence-corrected chi connectivity index (χ2v) is 5.17. The van der Waals surface area contributed by atoms with E-state index in [1.807, 2.05) is 19.1 Å². The molecule has 0 saturated carbocycles. The van der Waals surface area contributed by atoms with Crippen molar-refractivity contribution in [3.63, 3.8) is 0 Å². The van der Waals surface area contributed by atoms with Crippen LogP contribution in [-0.2, 0) is 4.74 Å². The van der Waals surface area contributed by atoms with Crippen molar-refractivity contribution < 1.29 is 9.53 Å². The summed E-state index contributed by atoms with van der Waals surface area (Å²) in [4.78, 5) is 15.6. The van der Waals surface area contributed by atoms with Crippen LogP contribution in [0.5, 0.6) is 0 Å². The van der Waals surface area contributed by atoms with E-state index in [1.54, 1.807) is 6.20 Å². The lowest BCUT2D eigenvalue weighted by atomic mass is 9.96. The van der Waals surface area contributed by atoms with E-state index in [-0.39, 0.29) is 11.9 Å². The summed E-state index contributed by atoms with van der Waals surface area (Å²) in [7, 11) is 0. The number of benzene rings is 1. The Morgan fingerprint density at radius 2 is 2.28 bits per heavy atom. The molecule has 2 unspecified atom stereocenters. The molecule has 2 atom stereocenters. The quantitative estimate of drug-likeness (QED) is 0.823. The summed E-state index contributed by atoms with van der Waals surface area (Å²) >= 11 is 0. The van der Waals surface area contributed by atoms with Gasteiger partial charge < -0.3 is 9.72 Å². The maximum atomic E-state index is 12.5. The molecule has 3 rings (SSSR count). The standard InChI is InChI=1S/C15H17NO2/c1-9-3-4-11-12(8-16-13(11)7-9)14(17)15-10(2)5-6-18-15/h3-4,7-8,10,15-16H,5-6H2,1-2H3. The summed E-state index contributed by atoms with van der Waals surface area (Å²) < 4.78 is 5.56. The second-order valence-electron chi connectivity index (χ2n) is 5.17. The van der Waals surface area contributed by atoms with Crippen LogP contribution in [0.1, 0.15) is 29.3 Å². The molecule has 3 heteroatoms. The SMILES string of the molecule is Cc1ccc2c(C(=O)C3OCCC3C)c[nH]c2c1. The van der Waals surface area contributed by atoms with Gasteiger partial charge in [0.15, 0.2) is 5.78 Å². The summed E-state index contributed by atoms with van der Waals surface area (Å²) in [6.45, 7) is 4.82. The number of rotatable bonds is 2. The third-order valence-corrected chi connectivity index (χ3v) is 3.75. The fourth-order valence-electron chi connectivity index (χ4n) is 2.63. The number of ether oxygens (including phenoxy) is 1. The first-order valence-electron chi connectivity index (χ1n) is 6.40. The highest BCUT2D eigenvalue weighted by Crippen LogP contribution is 2.27. The number of hydrogen-bond donors (Lipinski definition) is 1. The van der Waals surface area contributed by atoms with Gasteiger partial charge >= 0.3 is 0 Å². The smallest absolute Gasteiger partial charge is 0.193 e. The maximum absolute atomic E-state index is 12.5. The van der Waals surface area contributed by atoms with E-state index >= 15 is 0 Å². The minimum atomic E-state index is -0.273. The topological polar surface area (TPSA) is 42.1 Å². The van der Waals surface area contributed by atoms with E-state index < -0.39 is 0 Å². The Balaban J connectivity index is 2.01. The molecule has 1 saturated heterocycles. The summed E-state index contributed by atoms with van der Waals surface area (Å²) in [6.07, 6.45) is 2.50. The number of aromatic amines is 1. The molecule has 94 valence electrons. The van der Waals surface area contributed by atoms with Crippen molar-refractivity contribution in [1.29, 1.82) is 0 Å². The first-order chi connectivity index (χ1) is 8.66. The Morgan fingerprint density at radius 3 is 3.00 bits per heavy atom. The number of aryl methyl sites for hydroxylation is 1. The molecule has 0 radical (unpaired) electrons. The normalized spacial score (nSPS) is 23.7. The van der Waals surface area contributed by atoms with Gasteiger partial charge in [0.2, 0.25) is 0 Å². The van der Waals surface area contributed by atoms with Crippen molar-refractivity contribution in [3.05, 3.63) is 35.5 Å². The molecule has 0 bridgehead atoms. The predicted octanol–water partition coefficient (Wildman–Crippen LogP) is 3.08. The Bertz CT molecular complexity index is 600. The molecule has 1 aliphatic heterocycles. The fraction of sp³-hybridized carbons (Fsp3) is 0.400. The van der Waals surface area contributed by atoms with Gasteiger partial charge in [-0.3, -0.25) is 4.79 Å². The molecule has 18 heavy (non-hydrogen) atoms. The first-order valence-corrected chi connectivity index (χ1v) is 6.40. The van der Waals surface area contributed by atoms with Gasteiger partial charge in [-0.15, -0.1) is 0 Å². The zero-order valence-corrected chi connectivity index (χ0v) is 10.7. The van der Waals surface area contributed by atoms with Crippen molar-refractivity contribution in [2.24, 2.45) is 5.92 Å².